The molecular formula is C17H27N3O2S. The Bertz CT molecular complexity index is 475. The summed E-state index contributed by atoms with van der Waals surface area (Å²) in [5, 5.41) is 5.88. The lowest BCUT2D eigenvalue weighted by molar-refractivity contribution is 0.0365. The van der Waals surface area contributed by atoms with E-state index >= 15 is 0 Å². The fourth-order valence-electron chi connectivity index (χ4n) is 2.47. The minimum absolute atomic E-state index is 0.143. The minimum Gasteiger partial charge on any atom is -0.379 e. The van der Waals surface area contributed by atoms with Gasteiger partial charge in [0.15, 0.2) is 0 Å². The number of amides is 2. The van der Waals surface area contributed by atoms with Crippen LogP contribution in [0.2, 0.25) is 0 Å². The Hall–Kier alpha value is -1.24. The van der Waals surface area contributed by atoms with Crippen LogP contribution in [0, 0.1) is 0 Å². The molecule has 1 aromatic carbocycles. The van der Waals surface area contributed by atoms with E-state index < -0.39 is 0 Å². The monoisotopic (exact) mass is 337 g/mol. The van der Waals surface area contributed by atoms with E-state index in [0.29, 0.717) is 0 Å². The van der Waals surface area contributed by atoms with Gasteiger partial charge >= 0.3 is 6.03 Å². The van der Waals surface area contributed by atoms with Gasteiger partial charge in [0.1, 0.15) is 0 Å². The Morgan fingerprint density at radius 2 is 2.00 bits per heavy atom. The molecule has 5 nitrogen and oxygen atoms in total. The molecule has 1 aliphatic heterocycles. The summed E-state index contributed by atoms with van der Waals surface area (Å²) in [6.07, 6.45) is 0.944. The average Bonchev–Trinajstić information content (AvgIpc) is 2.56. The van der Waals surface area contributed by atoms with Crippen molar-refractivity contribution in [2.75, 3.05) is 43.9 Å². The van der Waals surface area contributed by atoms with E-state index in [2.05, 4.69) is 22.5 Å². The Kier molecular flexibility index (Phi) is 7.71. The summed E-state index contributed by atoms with van der Waals surface area (Å²) in [5.74, 6) is 1.05. The standard InChI is InChI=1S/C17H27N3O2S/c1-3-23-16-6-4-15(5-7-16)19-17(21)18-14(2)8-9-20-10-12-22-13-11-20/h4-7,14H,3,8-13H2,1-2H3,(H2,18,19,21)/t14-/m0/s1. The predicted octanol–water partition coefficient (Wildman–Crippen LogP) is 3.03. The van der Waals surface area contributed by atoms with Crippen LogP contribution in [0.1, 0.15) is 20.3 Å². The second kappa shape index (κ2) is 9.80. The van der Waals surface area contributed by atoms with E-state index in [-0.39, 0.29) is 12.1 Å². The van der Waals surface area contributed by atoms with Gasteiger partial charge in [-0.15, -0.1) is 11.8 Å². The van der Waals surface area contributed by atoms with Gasteiger partial charge in [-0.05, 0) is 43.4 Å². The first-order chi connectivity index (χ1) is 11.2. The molecule has 1 saturated heterocycles. The van der Waals surface area contributed by atoms with Crippen LogP contribution in [0.25, 0.3) is 0 Å². The molecule has 1 atom stereocenters. The molecule has 23 heavy (non-hydrogen) atoms. The zero-order valence-electron chi connectivity index (χ0n) is 14.0. The maximum atomic E-state index is 12.0. The molecule has 2 rings (SSSR count). The highest BCUT2D eigenvalue weighted by Crippen LogP contribution is 2.19. The molecule has 1 heterocycles. The van der Waals surface area contributed by atoms with Gasteiger partial charge in [0.2, 0.25) is 0 Å². The highest BCUT2D eigenvalue weighted by Gasteiger charge is 2.13. The first kappa shape index (κ1) is 18.1. The fraction of sp³-hybridized carbons (Fsp3) is 0.588. The van der Waals surface area contributed by atoms with Crippen molar-refractivity contribution in [1.29, 1.82) is 0 Å². The van der Waals surface area contributed by atoms with Crippen LogP contribution in [-0.4, -0.2) is 55.6 Å². The number of benzene rings is 1. The summed E-state index contributed by atoms with van der Waals surface area (Å²) in [6.45, 7) is 8.77. The van der Waals surface area contributed by atoms with Gasteiger partial charge < -0.3 is 15.4 Å². The van der Waals surface area contributed by atoms with Crippen molar-refractivity contribution >= 4 is 23.5 Å². The largest absolute Gasteiger partial charge is 0.379 e. The molecule has 0 spiro atoms. The van der Waals surface area contributed by atoms with Crippen molar-refractivity contribution in [3.8, 4) is 0 Å². The summed E-state index contributed by atoms with van der Waals surface area (Å²) in [4.78, 5) is 15.6. The molecule has 2 amide bonds. The number of carbonyl (C=O) groups is 1. The number of thioether (sulfide) groups is 1. The van der Waals surface area contributed by atoms with Crippen molar-refractivity contribution in [3.63, 3.8) is 0 Å². The maximum absolute atomic E-state index is 12.0. The second-order valence-corrected chi connectivity index (χ2v) is 7.04. The number of carbonyl (C=O) groups excluding carboxylic acids is 1. The minimum atomic E-state index is -0.143. The zero-order chi connectivity index (χ0) is 16.5. The number of hydrogen-bond donors (Lipinski definition) is 2. The molecule has 2 N–H and O–H groups in total. The third-order valence-electron chi connectivity index (χ3n) is 3.78. The molecule has 0 aromatic heterocycles. The summed E-state index contributed by atoms with van der Waals surface area (Å²) in [7, 11) is 0. The van der Waals surface area contributed by atoms with E-state index in [4.69, 9.17) is 4.74 Å². The van der Waals surface area contributed by atoms with E-state index in [0.717, 1.165) is 50.7 Å². The van der Waals surface area contributed by atoms with Crippen LogP contribution in [0.4, 0.5) is 10.5 Å². The number of hydrogen-bond acceptors (Lipinski definition) is 4. The van der Waals surface area contributed by atoms with Gasteiger partial charge in [-0.3, -0.25) is 4.90 Å². The van der Waals surface area contributed by atoms with Gasteiger partial charge in [0.25, 0.3) is 0 Å². The van der Waals surface area contributed by atoms with Crippen molar-refractivity contribution in [2.45, 2.75) is 31.2 Å². The molecule has 6 heteroatoms. The summed E-state index contributed by atoms with van der Waals surface area (Å²) in [6, 6.07) is 7.95. The SMILES string of the molecule is CCSc1ccc(NC(=O)N[C@@H](C)CCN2CCOCC2)cc1. The number of rotatable bonds is 7. The van der Waals surface area contributed by atoms with Gasteiger partial charge in [-0.1, -0.05) is 6.92 Å². The van der Waals surface area contributed by atoms with Gasteiger partial charge in [-0.2, -0.15) is 0 Å². The van der Waals surface area contributed by atoms with Gasteiger partial charge in [0.05, 0.1) is 13.2 Å². The van der Waals surface area contributed by atoms with Crippen LogP contribution < -0.4 is 10.6 Å². The van der Waals surface area contributed by atoms with Crippen LogP contribution in [-0.2, 0) is 4.74 Å². The molecule has 0 aliphatic carbocycles. The molecule has 1 aliphatic rings. The summed E-state index contributed by atoms with van der Waals surface area (Å²) in [5.41, 5.74) is 0.823. The Morgan fingerprint density at radius 1 is 1.30 bits per heavy atom. The Morgan fingerprint density at radius 3 is 2.65 bits per heavy atom. The van der Waals surface area contributed by atoms with E-state index in [1.807, 2.05) is 31.2 Å². The zero-order valence-corrected chi connectivity index (χ0v) is 14.8. The van der Waals surface area contributed by atoms with E-state index in [1.165, 1.54) is 4.90 Å². The second-order valence-electron chi connectivity index (χ2n) is 5.70. The van der Waals surface area contributed by atoms with Crippen LogP contribution in [0.3, 0.4) is 0 Å². The Labute approximate surface area is 143 Å². The third-order valence-corrected chi connectivity index (χ3v) is 4.68. The van der Waals surface area contributed by atoms with Crippen LogP contribution in [0.15, 0.2) is 29.2 Å². The molecule has 0 unspecified atom stereocenters. The molecule has 1 fully saturated rings. The molecule has 128 valence electrons. The lowest BCUT2D eigenvalue weighted by Gasteiger charge is -2.27. The van der Waals surface area contributed by atoms with Crippen LogP contribution >= 0.6 is 11.8 Å². The molecular weight excluding hydrogens is 310 g/mol. The number of nitrogens with zero attached hydrogens (tertiary/aromatic N) is 1. The highest BCUT2D eigenvalue weighted by atomic mass is 32.2. The number of urea groups is 1. The van der Waals surface area contributed by atoms with Crippen molar-refractivity contribution in [2.24, 2.45) is 0 Å². The van der Waals surface area contributed by atoms with Crippen molar-refractivity contribution < 1.29 is 9.53 Å². The van der Waals surface area contributed by atoms with Gasteiger partial charge in [0, 0.05) is 36.3 Å². The number of anilines is 1. The quantitative estimate of drug-likeness (QED) is 0.751. The number of morpholine rings is 1. The first-order valence-corrected chi connectivity index (χ1v) is 9.26. The van der Waals surface area contributed by atoms with Crippen molar-refractivity contribution in [3.05, 3.63) is 24.3 Å². The molecule has 0 bridgehead atoms. The predicted molar refractivity (Wildman–Crippen MR) is 96.3 cm³/mol. The lowest BCUT2D eigenvalue weighted by Crippen LogP contribution is -2.41. The number of ether oxygens (including phenoxy) is 1. The highest BCUT2D eigenvalue weighted by molar-refractivity contribution is 7.99. The first-order valence-electron chi connectivity index (χ1n) is 8.28. The van der Waals surface area contributed by atoms with Crippen LogP contribution in [0.5, 0.6) is 0 Å². The van der Waals surface area contributed by atoms with E-state index in [9.17, 15) is 4.79 Å². The Balaban J connectivity index is 1.68. The van der Waals surface area contributed by atoms with E-state index in [1.54, 1.807) is 11.8 Å². The average molecular weight is 337 g/mol. The normalized spacial score (nSPS) is 16.8. The third kappa shape index (κ3) is 6.81. The fourth-order valence-corrected chi connectivity index (χ4v) is 3.13. The molecule has 0 saturated carbocycles. The maximum Gasteiger partial charge on any atom is 0.319 e. The smallest absolute Gasteiger partial charge is 0.319 e. The topological polar surface area (TPSA) is 53.6 Å². The molecule has 0 radical (unpaired) electrons. The molecule has 1 aromatic rings. The lowest BCUT2D eigenvalue weighted by atomic mass is 10.2. The summed E-state index contributed by atoms with van der Waals surface area (Å²) >= 11 is 1.79. The number of nitrogens with one attached hydrogen (secondary N) is 2. The summed E-state index contributed by atoms with van der Waals surface area (Å²) < 4.78 is 5.34. The van der Waals surface area contributed by atoms with Gasteiger partial charge in [-0.25, -0.2) is 4.79 Å². The van der Waals surface area contributed by atoms with Crippen molar-refractivity contribution in [1.82, 2.24) is 10.2 Å².